The first-order valence-corrected chi connectivity index (χ1v) is 4.30. The molecule has 1 amide bonds. The molecule has 0 aromatic rings. The van der Waals surface area contributed by atoms with Crippen LogP contribution in [0.2, 0.25) is 0 Å². The largest absolute Gasteiger partial charge is 0.480 e. The van der Waals surface area contributed by atoms with E-state index in [4.69, 9.17) is 10.2 Å². The molecule has 0 aromatic heterocycles. The topological polar surface area (TPSA) is 77.8 Å². The van der Waals surface area contributed by atoms with Gasteiger partial charge in [-0.2, -0.15) is 0 Å². The van der Waals surface area contributed by atoms with Crippen molar-refractivity contribution in [3.63, 3.8) is 0 Å². The molecule has 1 saturated heterocycles. The maximum atomic E-state index is 11.2. The van der Waals surface area contributed by atoms with E-state index in [2.05, 4.69) is 0 Å². The second-order valence-electron chi connectivity index (χ2n) is 3.06. The summed E-state index contributed by atoms with van der Waals surface area (Å²) in [4.78, 5) is 23.2. The monoisotopic (exact) mass is 187 g/mol. The number of nitrogens with zero attached hydrogens (tertiary/aromatic N) is 1. The van der Waals surface area contributed by atoms with Crippen molar-refractivity contribution in [2.45, 2.75) is 25.3 Å². The molecule has 1 aliphatic rings. The highest BCUT2D eigenvalue weighted by atomic mass is 16.4. The quantitative estimate of drug-likeness (QED) is 0.618. The zero-order valence-corrected chi connectivity index (χ0v) is 7.27. The standard InChI is InChI=1S/C8H13NO4/c10-5-1-4-9-6(8(12)13)2-3-7(9)11/h6,10H,1-5H2,(H,12,13). The van der Waals surface area contributed by atoms with Crippen molar-refractivity contribution in [3.8, 4) is 0 Å². The molecule has 1 rings (SSSR count). The lowest BCUT2D eigenvalue weighted by molar-refractivity contribution is -0.146. The lowest BCUT2D eigenvalue weighted by atomic mass is 10.2. The summed E-state index contributed by atoms with van der Waals surface area (Å²) < 4.78 is 0. The van der Waals surface area contributed by atoms with Crippen molar-refractivity contribution in [1.82, 2.24) is 4.90 Å². The minimum Gasteiger partial charge on any atom is -0.480 e. The zero-order valence-electron chi connectivity index (χ0n) is 7.27. The van der Waals surface area contributed by atoms with E-state index in [9.17, 15) is 9.59 Å². The number of aliphatic carboxylic acids is 1. The molecule has 5 nitrogen and oxygen atoms in total. The Balaban J connectivity index is 2.55. The molecule has 0 spiro atoms. The molecule has 5 heteroatoms. The molecule has 0 bridgehead atoms. The number of aliphatic hydroxyl groups excluding tert-OH is 1. The third-order valence-corrected chi connectivity index (χ3v) is 2.17. The predicted octanol–water partition coefficient (Wildman–Crippen LogP) is -0.556. The van der Waals surface area contributed by atoms with Crippen LogP contribution in [0.3, 0.4) is 0 Å². The Morgan fingerprint density at radius 2 is 2.31 bits per heavy atom. The molecule has 1 heterocycles. The van der Waals surface area contributed by atoms with Gasteiger partial charge in [-0.1, -0.05) is 0 Å². The summed E-state index contributed by atoms with van der Waals surface area (Å²) in [5.74, 6) is -1.08. The van der Waals surface area contributed by atoms with Crippen LogP contribution in [0.1, 0.15) is 19.3 Å². The fourth-order valence-corrected chi connectivity index (χ4v) is 1.51. The summed E-state index contributed by atoms with van der Waals surface area (Å²) in [6, 6.07) is -0.681. The van der Waals surface area contributed by atoms with Crippen molar-refractivity contribution in [3.05, 3.63) is 0 Å². The van der Waals surface area contributed by atoms with Gasteiger partial charge in [0.1, 0.15) is 6.04 Å². The van der Waals surface area contributed by atoms with Crippen LogP contribution in [-0.4, -0.2) is 46.2 Å². The van der Waals surface area contributed by atoms with Gasteiger partial charge in [-0.15, -0.1) is 0 Å². The summed E-state index contributed by atoms with van der Waals surface area (Å²) in [6.45, 7) is 0.322. The first-order chi connectivity index (χ1) is 6.16. The highest BCUT2D eigenvalue weighted by Gasteiger charge is 2.35. The van der Waals surface area contributed by atoms with Crippen molar-refractivity contribution in [2.24, 2.45) is 0 Å². The van der Waals surface area contributed by atoms with Gasteiger partial charge in [0.15, 0.2) is 0 Å². The number of amides is 1. The van der Waals surface area contributed by atoms with Crippen LogP contribution < -0.4 is 0 Å². The van der Waals surface area contributed by atoms with Gasteiger partial charge >= 0.3 is 5.97 Å². The van der Waals surface area contributed by atoms with Gasteiger partial charge < -0.3 is 15.1 Å². The third kappa shape index (κ3) is 2.18. The summed E-state index contributed by atoms with van der Waals surface area (Å²) >= 11 is 0. The van der Waals surface area contributed by atoms with Gasteiger partial charge in [-0.25, -0.2) is 4.79 Å². The average Bonchev–Trinajstić information content (AvgIpc) is 2.43. The Morgan fingerprint density at radius 3 is 2.85 bits per heavy atom. The second kappa shape index (κ2) is 4.23. The third-order valence-electron chi connectivity index (χ3n) is 2.17. The van der Waals surface area contributed by atoms with E-state index < -0.39 is 12.0 Å². The number of hydrogen-bond donors (Lipinski definition) is 2. The summed E-state index contributed by atoms with van der Waals surface area (Å²) in [6.07, 6.45) is 1.14. The van der Waals surface area contributed by atoms with Crippen LogP contribution in [0, 0.1) is 0 Å². The number of carboxylic acid groups (broad SMARTS) is 1. The van der Waals surface area contributed by atoms with Crippen LogP contribution in [-0.2, 0) is 9.59 Å². The fourth-order valence-electron chi connectivity index (χ4n) is 1.51. The van der Waals surface area contributed by atoms with Crippen molar-refractivity contribution < 1.29 is 19.8 Å². The first kappa shape index (κ1) is 9.98. The molecule has 1 fully saturated rings. The number of carboxylic acids is 1. The van der Waals surface area contributed by atoms with E-state index in [-0.39, 0.29) is 12.5 Å². The lowest BCUT2D eigenvalue weighted by Gasteiger charge is -2.20. The van der Waals surface area contributed by atoms with Crippen molar-refractivity contribution in [1.29, 1.82) is 0 Å². The minimum atomic E-state index is -0.955. The fraction of sp³-hybridized carbons (Fsp3) is 0.750. The van der Waals surface area contributed by atoms with Gasteiger partial charge in [-0.3, -0.25) is 4.79 Å². The van der Waals surface area contributed by atoms with Gasteiger partial charge in [0.25, 0.3) is 0 Å². The lowest BCUT2D eigenvalue weighted by Crippen LogP contribution is -2.39. The average molecular weight is 187 g/mol. The van der Waals surface area contributed by atoms with Crippen LogP contribution in [0.5, 0.6) is 0 Å². The van der Waals surface area contributed by atoms with Crippen LogP contribution in [0.4, 0.5) is 0 Å². The normalized spacial score (nSPS) is 22.4. The maximum Gasteiger partial charge on any atom is 0.326 e. The first-order valence-electron chi connectivity index (χ1n) is 4.30. The Labute approximate surface area is 76.0 Å². The zero-order chi connectivity index (χ0) is 9.84. The van der Waals surface area contributed by atoms with Crippen molar-refractivity contribution in [2.75, 3.05) is 13.2 Å². The highest BCUT2D eigenvalue weighted by Crippen LogP contribution is 2.18. The summed E-state index contributed by atoms with van der Waals surface area (Å²) in [5, 5.41) is 17.3. The molecule has 1 unspecified atom stereocenters. The summed E-state index contributed by atoms with van der Waals surface area (Å²) in [7, 11) is 0. The van der Waals surface area contributed by atoms with Gasteiger partial charge in [0.2, 0.25) is 5.91 Å². The van der Waals surface area contributed by atoms with E-state index in [0.717, 1.165) is 0 Å². The van der Waals surface area contributed by atoms with Crippen LogP contribution >= 0.6 is 0 Å². The molecule has 1 atom stereocenters. The van der Waals surface area contributed by atoms with Gasteiger partial charge in [-0.05, 0) is 12.8 Å². The molecule has 13 heavy (non-hydrogen) atoms. The Morgan fingerprint density at radius 1 is 1.62 bits per heavy atom. The highest BCUT2D eigenvalue weighted by molar-refractivity contribution is 5.87. The molecule has 0 radical (unpaired) electrons. The maximum absolute atomic E-state index is 11.2. The molecule has 0 aliphatic carbocycles. The van der Waals surface area contributed by atoms with E-state index in [1.54, 1.807) is 0 Å². The van der Waals surface area contributed by atoms with E-state index >= 15 is 0 Å². The van der Waals surface area contributed by atoms with Crippen LogP contribution in [0.25, 0.3) is 0 Å². The van der Waals surface area contributed by atoms with E-state index in [1.807, 2.05) is 0 Å². The molecule has 2 N–H and O–H groups in total. The smallest absolute Gasteiger partial charge is 0.326 e. The Bertz CT molecular complexity index is 216. The molecule has 0 saturated carbocycles. The second-order valence-corrected chi connectivity index (χ2v) is 3.06. The predicted molar refractivity (Wildman–Crippen MR) is 44.1 cm³/mol. The van der Waals surface area contributed by atoms with Crippen molar-refractivity contribution >= 4 is 11.9 Å². The Hall–Kier alpha value is -1.10. The molecule has 1 aliphatic heterocycles. The molecular formula is C8H13NO4. The number of carbonyl (C=O) groups is 2. The van der Waals surface area contributed by atoms with Gasteiger partial charge in [0.05, 0.1) is 0 Å². The van der Waals surface area contributed by atoms with E-state index in [0.29, 0.717) is 25.8 Å². The minimum absolute atomic E-state index is 0.0177. The SMILES string of the molecule is O=C(O)C1CCC(=O)N1CCCO. The number of likely N-dealkylation sites (tertiary alicyclic amines) is 1. The summed E-state index contributed by atoms with van der Waals surface area (Å²) in [5.41, 5.74) is 0. The molecule has 74 valence electrons. The number of carbonyl (C=O) groups excluding carboxylic acids is 1. The number of hydrogen-bond acceptors (Lipinski definition) is 3. The van der Waals surface area contributed by atoms with E-state index in [1.165, 1.54) is 4.90 Å². The van der Waals surface area contributed by atoms with Gasteiger partial charge in [0, 0.05) is 19.6 Å². The number of aliphatic hydroxyl groups is 1. The Kier molecular flexibility index (Phi) is 3.25. The molecule has 0 aromatic carbocycles. The molecular weight excluding hydrogens is 174 g/mol. The number of rotatable bonds is 4. The van der Waals surface area contributed by atoms with Crippen LogP contribution in [0.15, 0.2) is 0 Å².